The average Bonchev–Trinajstić information content (AvgIpc) is 2.95. The SMILES string of the molecule is CCC(=O)OCC[C@@H](C[C@@H]1OC(C)(C)N(C(=O)OC(C)(C)C)[C@H]1CC1CCCCC1)C(C)C. The average molecular weight is 468 g/mol. The van der Waals surface area contributed by atoms with Crippen LogP contribution in [0.15, 0.2) is 0 Å². The molecule has 6 heteroatoms. The van der Waals surface area contributed by atoms with Crippen LogP contribution in [0.25, 0.3) is 0 Å². The molecule has 2 fully saturated rings. The van der Waals surface area contributed by atoms with Crippen LogP contribution in [-0.2, 0) is 19.0 Å². The molecule has 0 bridgehead atoms. The third-order valence-electron chi connectivity index (χ3n) is 7.19. The number of amides is 1. The summed E-state index contributed by atoms with van der Waals surface area (Å²) in [5, 5.41) is 0. The standard InChI is InChI=1S/C27H49NO5/c1-9-24(29)31-16-15-21(19(2)3)18-23-22(17-20-13-11-10-12-14-20)28(27(7,8)32-23)25(30)33-26(4,5)6/h19-23H,9-18H2,1-8H3/t21-,22-,23-/m0/s1. The second-order valence-electron chi connectivity index (χ2n) is 11.9. The maximum Gasteiger partial charge on any atom is 0.412 e. The van der Waals surface area contributed by atoms with E-state index >= 15 is 0 Å². The number of nitrogens with zero attached hydrogens (tertiary/aromatic N) is 1. The number of esters is 1. The van der Waals surface area contributed by atoms with Crippen molar-refractivity contribution in [3.63, 3.8) is 0 Å². The number of carbonyl (C=O) groups excluding carboxylic acids is 2. The lowest BCUT2D eigenvalue weighted by atomic mass is 9.80. The minimum atomic E-state index is -0.720. The van der Waals surface area contributed by atoms with Gasteiger partial charge in [-0.05, 0) is 71.6 Å². The van der Waals surface area contributed by atoms with Gasteiger partial charge in [0.05, 0.1) is 18.8 Å². The summed E-state index contributed by atoms with van der Waals surface area (Å²) in [5.74, 6) is 1.25. The fraction of sp³-hybridized carbons (Fsp3) is 0.926. The van der Waals surface area contributed by atoms with Gasteiger partial charge in [-0.2, -0.15) is 0 Å². The summed E-state index contributed by atoms with van der Waals surface area (Å²) in [6.45, 7) is 16.4. The van der Waals surface area contributed by atoms with Crippen molar-refractivity contribution in [2.45, 2.75) is 137 Å². The van der Waals surface area contributed by atoms with Crippen molar-refractivity contribution in [2.24, 2.45) is 17.8 Å². The Bertz CT molecular complexity index is 633. The van der Waals surface area contributed by atoms with Gasteiger partial charge in [0, 0.05) is 6.42 Å². The van der Waals surface area contributed by atoms with Gasteiger partial charge in [0.25, 0.3) is 0 Å². The fourth-order valence-corrected chi connectivity index (χ4v) is 5.41. The monoisotopic (exact) mass is 467 g/mol. The molecule has 1 saturated carbocycles. The van der Waals surface area contributed by atoms with Crippen molar-refractivity contribution in [3.05, 3.63) is 0 Å². The Balaban J connectivity index is 2.21. The van der Waals surface area contributed by atoms with E-state index in [2.05, 4.69) is 13.8 Å². The van der Waals surface area contributed by atoms with Gasteiger partial charge in [0.1, 0.15) is 11.3 Å². The molecule has 1 aliphatic heterocycles. The summed E-state index contributed by atoms with van der Waals surface area (Å²) in [6, 6.07) is -0.00241. The van der Waals surface area contributed by atoms with Crippen molar-refractivity contribution in [1.82, 2.24) is 4.90 Å². The highest BCUT2D eigenvalue weighted by Gasteiger charge is 2.52. The van der Waals surface area contributed by atoms with Gasteiger partial charge >= 0.3 is 12.1 Å². The fourth-order valence-electron chi connectivity index (χ4n) is 5.41. The first-order valence-electron chi connectivity index (χ1n) is 13.2. The molecule has 2 rings (SSSR count). The first-order valence-corrected chi connectivity index (χ1v) is 13.2. The molecule has 0 aromatic heterocycles. The topological polar surface area (TPSA) is 65.1 Å². The largest absolute Gasteiger partial charge is 0.466 e. The van der Waals surface area contributed by atoms with Gasteiger partial charge in [-0.3, -0.25) is 9.69 Å². The minimum Gasteiger partial charge on any atom is -0.466 e. The molecule has 0 N–H and O–H groups in total. The first kappa shape index (κ1) is 27.9. The lowest BCUT2D eigenvalue weighted by Gasteiger charge is -2.37. The maximum atomic E-state index is 13.3. The number of ether oxygens (including phenoxy) is 3. The van der Waals surface area contributed by atoms with Gasteiger partial charge in [0.15, 0.2) is 0 Å². The summed E-state index contributed by atoms with van der Waals surface area (Å²) in [5.41, 5.74) is -1.27. The van der Waals surface area contributed by atoms with Crippen molar-refractivity contribution in [1.29, 1.82) is 0 Å². The third kappa shape index (κ3) is 8.45. The highest BCUT2D eigenvalue weighted by atomic mass is 16.6. The third-order valence-corrected chi connectivity index (χ3v) is 7.19. The molecule has 0 radical (unpaired) electrons. The first-order chi connectivity index (χ1) is 15.3. The molecule has 0 aromatic carbocycles. The van der Waals surface area contributed by atoms with Gasteiger partial charge in [-0.25, -0.2) is 4.79 Å². The molecular weight excluding hydrogens is 418 g/mol. The van der Waals surface area contributed by atoms with Gasteiger partial charge < -0.3 is 14.2 Å². The van der Waals surface area contributed by atoms with Crippen molar-refractivity contribution in [3.8, 4) is 0 Å². The minimum absolute atomic E-state index is 0.00241. The zero-order chi connectivity index (χ0) is 24.8. The smallest absolute Gasteiger partial charge is 0.412 e. The van der Waals surface area contributed by atoms with Crippen molar-refractivity contribution < 1.29 is 23.8 Å². The van der Waals surface area contributed by atoms with E-state index in [1.807, 2.05) is 46.4 Å². The van der Waals surface area contributed by atoms with Crippen LogP contribution in [0, 0.1) is 17.8 Å². The Morgan fingerprint density at radius 2 is 1.76 bits per heavy atom. The molecule has 33 heavy (non-hydrogen) atoms. The number of hydrogen-bond donors (Lipinski definition) is 0. The number of hydrogen-bond acceptors (Lipinski definition) is 5. The van der Waals surface area contributed by atoms with E-state index in [0.29, 0.717) is 30.8 Å². The van der Waals surface area contributed by atoms with E-state index < -0.39 is 11.3 Å². The molecule has 3 atom stereocenters. The van der Waals surface area contributed by atoms with Crippen molar-refractivity contribution in [2.75, 3.05) is 6.61 Å². The molecule has 0 aromatic rings. The highest BCUT2D eigenvalue weighted by Crippen LogP contribution is 2.42. The van der Waals surface area contributed by atoms with E-state index in [9.17, 15) is 9.59 Å². The Morgan fingerprint density at radius 1 is 1.12 bits per heavy atom. The summed E-state index contributed by atoms with van der Waals surface area (Å²) in [7, 11) is 0. The molecule has 192 valence electrons. The van der Waals surface area contributed by atoms with E-state index in [0.717, 1.165) is 19.3 Å². The summed E-state index contributed by atoms with van der Waals surface area (Å²) < 4.78 is 17.8. The summed E-state index contributed by atoms with van der Waals surface area (Å²) in [4.78, 5) is 26.8. The summed E-state index contributed by atoms with van der Waals surface area (Å²) >= 11 is 0. The molecule has 1 saturated heterocycles. The number of rotatable bonds is 9. The van der Waals surface area contributed by atoms with Crippen LogP contribution in [0.5, 0.6) is 0 Å². The van der Waals surface area contributed by atoms with E-state index in [1.54, 1.807) is 0 Å². The predicted molar refractivity (Wildman–Crippen MR) is 131 cm³/mol. The molecule has 1 aliphatic carbocycles. The Hall–Kier alpha value is -1.30. The normalized spacial score (nSPS) is 24.7. The zero-order valence-electron chi connectivity index (χ0n) is 22.4. The molecule has 1 amide bonds. The van der Waals surface area contributed by atoms with Crippen LogP contribution in [0.2, 0.25) is 0 Å². The second-order valence-corrected chi connectivity index (χ2v) is 11.9. The Morgan fingerprint density at radius 3 is 2.30 bits per heavy atom. The lowest BCUT2D eigenvalue weighted by molar-refractivity contribution is -0.143. The van der Waals surface area contributed by atoms with Crippen LogP contribution in [0.4, 0.5) is 4.79 Å². The molecule has 0 spiro atoms. The Labute approximate surface area is 202 Å². The molecule has 6 nitrogen and oxygen atoms in total. The molecular formula is C27H49NO5. The van der Waals surface area contributed by atoms with E-state index in [4.69, 9.17) is 14.2 Å². The van der Waals surface area contributed by atoms with Gasteiger partial charge in [0.2, 0.25) is 0 Å². The van der Waals surface area contributed by atoms with Crippen molar-refractivity contribution >= 4 is 12.1 Å². The molecule has 2 aliphatic rings. The van der Waals surface area contributed by atoms with Gasteiger partial charge in [-0.15, -0.1) is 0 Å². The number of carbonyl (C=O) groups is 2. The predicted octanol–water partition coefficient (Wildman–Crippen LogP) is 6.70. The quantitative estimate of drug-likeness (QED) is 0.353. The van der Waals surface area contributed by atoms with Crippen LogP contribution in [0.3, 0.4) is 0 Å². The van der Waals surface area contributed by atoms with E-state index in [-0.39, 0.29) is 24.2 Å². The van der Waals surface area contributed by atoms with Crippen LogP contribution in [0.1, 0.15) is 113 Å². The second kappa shape index (κ2) is 11.9. The zero-order valence-corrected chi connectivity index (χ0v) is 22.4. The summed E-state index contributed by atoms with van der Waals surface area (Å²) in [6.07, 6.45) is 9.01. The van der Waals surface area contributed by atoms with Crippen LogP contribution in [-0.4, -0.2) is 47.0 Å². The highest BCUT2D eigenvalue weighted by molar-refractivity contribution is 5.70. The van der Waals surface area contributed by atoms with E-state index in [1.165, 1.54) is 32.1 Å². The van der Waals surface area contributed by atoms with Crippen LogP contribution < -0.4 is 0 Å². The Kier molecular flexibility index (Phi) is 10.1. The molecule has 1 heterocycles. The van der Waals surface area contributed by atoms with Crippen LogP contribution >= 0.6 is 0 Å². The molecule has 0 unspecified atom stereocenters. The lowest BCUT2D eigenvalue weighted by Crippen LogP contribution is -2.51. The maximum absolute atomic E-state index is 13.3. The van der Waals surface area contributed by atoms with Gasteiger partial charge in [-0.1, -0.05) is 52.9 Å².